The molecule has 1 aromatic heterocycles. The number of likely N-dealkylation sites (tertiary alicyclic amines) is 1. The summed E-state index contributed by atoms with van der Waals surface area (Å²) in [7, 11) is 0. The van der Waals surface area contributed by atoms with Crippen LogP contribution < -0.4 is 10.1 Å². The van der Waals surface area contributed by atoms with Gasteiger partial charge in [-0.2, -0.15) is 0 Å². The van der Waals surface area contributed by atoms with Crippen molar-refractivity contribution in [3.63, 3.8) is 0 Å². The van der Waals surface area contributed by atoms with Gasteiger partial charge in [-0.25, -0.2) is 4.98 Å². The first-order valence-electron chi connectivity index (χ1n) is 9.40. The third kappa shape index (κ3) is 4.82. The number of carbonyl (C=O) groups is 1. The van der Waals surface area contributed by atoms with Crippen molar-refractivity contribution in [2.75, 3.05) is 13.2 Å². The molecule has 5 heteroatoms. The molecule has 1 atom stereocenters. The average Bonchev–Trinajstić information content (AvgIpc) is 3.14. The minimum Gasteiger partial charge on any atom is -0.477 e. The lowest BCUT2D eigenvalue weighted by atomic mass is 10.1. The summed E-state index contributed by atoms with van der Waals surface area (Å²) in [4.78, 5) is 19.3. The summed E-state index contributed by atoms with van der Waals surface area (Å²) in [6, 6.07) is 14.1. The molecular formula is C21H27N3O2. The minimum absolute atomic E-state index is 0.0631. The highest BCUT2D eigenvalue weighted by Gasteiger charge is 2.30. The molecular weight excluding hydrogens is 326 g/mol. The van der Waals surface area contributed by atoms with E-state index in [1.165, 1.54) is 5.56 Å². The van der Waals surface area contributed by atoms with Gasteiger partial charge in [0.05, 0.1) is 12.6 Å². The SMILES string of the molecule is CCCOc1ncccc1CNC(=O)C1CCCN1Cc1ccccc1. The molecule has 0 bridgehead atoms. The molecule has 1 fully saturated rings. The number of carbonyl (C=O) groups excluding carboxylic acids is 1. The third-order valence-corrected chi connectivity index (χ3v) is 4.64. The summed E-state index contributed by atoms with van der Waals surface area (Å²) in [5.74, 6) is 0.700. The molecule has 1 amide bonds. The maximum Gasteiger partial charge on any atom is 0.237 e. The molecule has 26 heavy (non-hydrogen) atoms. The van der Waals surface area contributed by atoms with Crippen LogP contribution in [-0.2, 0) is 17.9 Å². The quantitative estimate of drug-likeness (QED) is 0.792. The molecule has 138 valence electrons. The number of amides is 1. The van der Waals surface area contributed by atoms with Gasteiger partial charge in [0.1, 0.15) is 0 Å². The maximum atomic E-state index is 12.7. The van der Waals surface area contributed by atoms with E-state index in [-0.39, 0.29) is 11.9 Å². The van der Waals surface area contributed by atoms with Gasteiger partial charge in [-0.05, 0) is 37.4 Å². The molecule has 3 rings (SSSR count). The van der Waals surface area contributed by atoms with E-state index < -0.39 is 0 Å². The Hall–Kier alpha value is -2.40. The van der Waals surface area contributed by atoms with Gasteiger partial charge >= 0.3 is 0 Å². The zero-order valence-corrected chi connectivity index (χ0v) is 15.4. The zero-order valence-electron chi connectivity index (χ0n) is 15.4. The smallest absolute Gasteiger partial charge is 0.237 e. The normalized spacial score (nSPS) is 17.2. The van der Waals surface area contributed by atoms with Gasteiger partial charge in [-0.3, -0.25) is 9.69 Å². The lowest BCUT2D eigenvalue weighted by Gasteiger charge is -2.24. The molecule has 2 aromatic rings. The van der Waals surface area contributed by atoms with Crippen molar-refractivity contribution in [1.82, 2.24) is 15.2 Å². The number of hydrogen-bond acceptors (Lipinski definition) is 4. The number of benzene rings is 1. The van der Waals surface area contributed by atoms with Crippen molar-refractivity contribution < 1.29 is 9.53 Å². The van der Waals surface area contributed by atoms with Crippen LogP contribution in [0.5, 0.6) is 5.88 Å². The Morgan fingerprint density at radius 1 is 1.27 bits per heavy atom. The van der Waals surface area contributed by atoms with Crippen LogP contribution in [0.2, 0.25) is 0 Å². The summed E-state index contributed by atoms with van der Waals surface area (Å²) in [5, 5.41) is 3.07. The molecule has 1 aliphatic heterocycles. The number of nitrogens with zero attached hydrogens (tertiary/aromatic N) is 2. The molecule has 1 aromatic carbocycles. The minimum atomic E-state index is -0.0631. The van der Waals surface area contributed by atoms with Crippen molar-refractivity contribution in [3.8, 4) is 5.88 Å². The van der Waals surface area contributed by atoms with E-state index in [0.29, 0.717) is 19.0 Å². The van der Waals surface area contributed by atoms with E-state index in [2.05, 4.69) is 34.3 Å². The maximum absolute atomic E-state index is 12.7. The fourth-order valence-corrected chi connectivity index (χ4v) is 3.32. The van der Waals surface area contributed by atoms with Crippen LogP contribution in [0, 0.1) is 0 Å². The monoisotopic (exact) mass is 353 g/mol. The van der Waals surface area contributed by atoms with Gasteiger partial charge in [0.2, 0.25) is 11.8 Å². The summed E-state index contributed by atoms with van der Waals surface area (Å²) < 4.78 is 5.67. The molecule has 5 nitrogen and oxygen atoms in total. The third-order valence-electron chi connectivity index (χ3n) is 4.64. The van der Waals surface area contributed by atoms with Crippen molar-refractivity contribution in [3.05, 3.63) is 59.8 Å². The first kappa shape index (κ1) is 18.4. The van der Waals surface area contributed by atoms with Gasteiger partial charge in [0.15, 0.2) is 0 Å². The summed E-state index contributed by atoms with van der Waals surface area (Å²) in [5.41, 5.74) is 2.16. The number of ether oxygens (including phenoxy) is 1. The Balaban J connectivity index is 1.57. The largest absolute Gasteiger partial charge is 0.477 e. The second-order valence-corrected chi connectivity index (χ2v) is 6.65. The first-order chi connectivity index (χ1) is 12.8. The molecule has 1 saturated heterocycles. The van der Waals surface area contributed by atoms with Gasteiger partial charge in [0, 0.05) is 24.8 Å². The Bertz CT molecular complexity index is 705. The van der Waals surface area contributed by atoms with Crippen molar-refractivity contribution >= 4 is 5.91 Å². The molecule has 2 heterocycles. The Kier molecular flexibility index (Phi) is 6.61. The van der Waals surface area contributed by atoms with Crippen LogP contribution in [0.25, 0.3) is 0 Å². The van der Waals surface area contributed by atoms with Crippen LogP contribution >= 0.6 is 0 Å². The highest BCUT2D eigenvalue weighted by atomic mass is 16.5. The lowest BCUT2D eigenvalue weighted by molar-refractivity contribution is -0.125. The topological polar surface area (TPSA) is 54.5 Å². The van der Waals surface area contributed by atoms with Crippen LogP contribution in [0.4, 0.5) is 0 Å². The lowest BCUT2D eigenvalue weighted by Crippen LogP contribution is -2.42. The zero-order chi connectivity index (χ0) is 18.2. The standard InChI is InChI=1S/C21H27N3O2/c1-2-14-26-21-18(10-6-12-22-21)15-23-20(25)19-11-7-13-24(19)16-17-8-4-3-5-9-17/h3-6,8-10,12,19H,2,7,11,13-16H2,1H3,(H,23,25). The van der Waals surface area contributed by atoms with E-state index in [1.54, 1.807) is 6.20 Å². The van der Waals surface area contributed by atoms with Gasteiger partial charge in [-0.15, -0.1) is 0 Å². The second kappa shape index (κ2) is 9.34. The molecule has 0 saturated carbocycles. The predicted molar refractivity (Wildman–Crippen MR) is 102 cm³/mol. The number of aromatic nitrogens is 1. The molecule has 0 spiro atoms. The van der Waals surface area contributed by atoms with E-state index in [1.807, 2.05) is 30.3 Å². The van der Waals surface area contributed by atoms with Gasteiger partial charge in [-0.1, -0.05) is 43.3 Å². The van der Waals surface area contributed by atoms with E-state index in [4.69, 9.17) is 4.74 Å². The molecule has 0 aliphatic carbocycles. The summed E-state index contributed by atoms with van der Waals surface area (Å²) in [6.07, 6.45) is 4.61. The molecule has 1 unspecified atom stereocenters. The number of rotatable bonds is 8. The molecule has 1 N–H and O–H groups in total. The Labute approximate surface area is 155 Å². The van der Waals surface area contributed by atoms with Crippen LogP contribution in [0.1, 0.15) is 37.3 Å². The second-order valence-electron chi connectivity index (χ2n) is 6.65. The average molecular weight is 353 g/mol. The highest BCUT2D eigenvalue weighted by molar-refractivity contribution is 5.82. The summed E-state index contributed by atoms with van der Waals surface area (Å²) >= 11 is 0. The van der Waals surface area contributed by atoms with Crippen LogP contribution in [0.3, 0.4) is 0 Å². The first-order valence-corrected chi connectivity index (χ1v) is 9.40. The number of pyridine rings is 1. The highest BCUT2D eigenvalue weighted by Crippen LogP contribution is 2.21. The van der Waals surface area contributed by atoms with Gasteiger partial charge < -0.3 is 10.1 Å². The van der Waals surface area contributed by atoms with Crippen molar-refractivity contribution in [1.29, 1.82) is 0 Å². The van der Waals surface area contributed by atoms with E-state index in [9.17, 15) is 4.79 Å². The molecule has 1 aliphatic rings. The number of hydrogen-bond donors (Lipinski definition) is 1. The van der Waals surface area contributed by atoms with Gasteiger partial charge in [0.25, 0.3) is 0 Å². The Morgan fingerprint density at radius 3 is 2.92 bits per heavy atom. The Morgan fingerprint density at radius 2 is 2.12 bits per heavy atom. The van der Waals surface area contributed by atoms with Crippen molar-refractivity contribution in [2.45, 2.75) is 45.3 Å². The van der Waals surface area contributed by atoms with Crippen LogP contribution in [0.15, 0.2) is 48.7 Å². The fraction of sp³-hybridized carbons (Fsp3) is 0.429. The van der Waals surface area contributed by atoms with E-state index in [0.717, 1.165) is 37.9 Å². The van der Waals surface area contributed by atoms with E-state index >= 15 is 0 Å². The predicted octanol–water partition coefficient (Wildman–Crippen LogP) is 3.15. The van der Waals surface area contributed by atoms with Crippen molar-refractivity contribution in [2.24, 2.45) is 0 Å². The summed E-state index contributed by atoms with van der Waals surface area (Å²) in [6.45, 7) is 4.92. The fourth-order valence-electron chi connectivity index (χ4n) is 3.32. The van der Waals surface area contributed by atoms with Crippen LogP contribution in [-0.4, -0.2) is 35.0 Å². The molecule has 0 radical (unpaired) electrons. The number of nitrogens with one attached hydrogen (secondary N) is 1.